The van der Waals surface area contributed by atoms with Gasteiger partial charge < -0.3 is 5.32 Å². The summed E-state index contributed by atoms with van der Waals surface area (Å²) < 4.78 is 21.7. The van der Waals surface area contributed by atoms with Gasteiger partial charge in [0.25, 0.3) is 5.91 Å². The highest BCUT2D eigenvalue weighted by Gasteiger charge is 2.08. The average Bonchev–Trinajstić information content (AvgIpc) is 2.57. The molecule has 3 N–H and O–H groups in total. The first-order chi connectivity index (χ1) is 7.38. The Hall–Kier alpha value is -0.630. The summed E-state index contributed by atoms with van der Waals surface area (Å²) in [4.78, 5) is 11.9. The molecule has 1 rings (SSSR count). The fourth-order valence-electron chi connectivity index (χ4n) is 0.999. The van der Waals surface area contributed by atoms with Crippen LogP contribution in [0.25, 0.3) is 0 Å². The molecular formula is C8H11ClN2O3S2. The fourth-order valence-corrected chi connectivity index (χ4v) is 2.50. The van der Waals surface area contributed by atoms with Crippen molar-refractivity contribution >= 4 is 38.9 Å². The Morgan fingerprint density at radius 1 is 1.50 bits per heavy atom. The zero-order chi connectivity index (χ0) is 12.2. The van der Waals surface area contributed by atoms with Crippen LogP contribution in [0.5, 0.6) is 0 Å². The molecule has 1 heterocycles. The number of rotatable bonds is 5. The van der Waals surface area contributed by atoms with Crippen LogP contribution in [0.15, 0.2) is 12.1 Å². The summed E-state index contributed by atoms with van der Waals surface area (Å²) in [5.41, 5.74) is 0. The Balaban J connectivity index is 2.31. The molecular weight excluding hydrogens is 272 g/mol. The quantitative estimate of drug-likeness (QED) is 0.783. The molecule has 5 nitrogen and oxygen atoms in total. The molecule has 0 radical (unpaired) electrons. The standard InChI is InChI=1S/C8H11ClN2O3S2/c9-7-3-2-6(15-7)8(12)11-4-1-5-16(10,13)14/h2-3H,1,4-5H2,(H,11,12)(H2,10,13,14). The van der Waals surface area contributed by atoms with Crippen molar-refractivity contribution in [3.63, 3.8) is 0 Å². The first-order valence-corrected chi connectivity index (χ1v) is 7.33. The monoisotopic (exact) mass is 282 g/mol. The largest absolute Gasteiger partial charge is 0.351 e. The molecule has 0 aliphatic heterocycles. The lowest BCUT2D eigenvalue weighted by atomic mass is 10.4. The Morgan fingerprint density at radius 2 is 2.19 bits per heavy atom. The summed E-state index contributed by atoms with van der Waals surface area (Å²) in [6, 6.07) is 3.24. The predicted octanol–water partition coefficient (Wildman–Crippen LogP) is 0.810. The highest BCUT2D eigenvalue weighted by molar-refractivity contribution is 7.89. The number of nitrogens with one attached hydrogen (secondary N) is 1. The third-order valence-electron chi connectivity index (χ3n) is 1.69. The minimum absolute atomic E-state index is 0.140. The van der Waals surface area contributed by atoms with E-state index in [2.05, 4.69) is 5.32 Å². The lowest BCUT2D eigenvalue weighted by Crippen LogP contribution is -2.26. The maximum atomic E-state index is 11.4. The van der Waals surface area contributed by atoms with Crippen LogP contribution >= 0.6 is 22.9 Å². The van der Waals surface area contributed by atoms with Gasteiger partial charge in [-0.15, -0.1) is 11.3 Å². The number of carbonyl (C=O) groups excluding carboxylic acids is 1. The first kappa shape index (κ1) is 13.4. The van der Waals surface area contributed by atoms with Gasteiger partial charge in [-0.25, -0.2) is 13.6 Å². The summed E-state index contributed by atoms with van der Waals surface area (Å²) in [6.07, 6.45) is 0.295. The van der Waals surface area contributed by atoms with Gasteiger partial charge in [-0.05, 0) is 18.6 Å². The number of sulfonamides is 1. The minimum Gasteiger partial charge on any atom is -0.351 e. The van der Waals surface area contributed by atoms with E-state index in [0.717, 1.165) is 0 Å². The van der Waals surface area contributed by atoms with Crippen molar-refractivity contribution in [2.75, 3.05) is 12.3 Å². The molecule has 0 spiro atoms. The number of thiophene rings is 1. The molecule has 16 heavy (non-hydrogen) atoms. The van der Waals surface area contributed by atoms with Gasteiger partial charge in [0, 0.05) is 6.54 Å². The van der Waals surface area contributed by atoms with Crippen LogP contribution in [-0.4, -0.2) is 26.6 Å². The van der Waals surface area contributed by atoms with Crippen molar-refractivity contribution in [3.05, 3.63) is 21.3 Å². The second-order valence-electron chi connectivity index (χ2n) is 3.08. The molecule has 0 atom stereocenters. The van der Waals surface area contributed by atoms with Crippen LogP contribution in [0.4, 0.5) is 0 Å². The molecule has 0 aliphatic carbocycles. The van der Waals surface area contributed by atoms with E-state index in [-0.39, 0.29) is 18.2 Å². The molecule has 0 aromatic carbocycles. The normalized spacial score (nSPS) is 11.4. The Labute approximate surface area is 103 Å². The zero-order valence-electron chi connectivity index (χ0n) is 8.27. The SMILES string of the molecule is NS(=O)(=O)CCCNC(=O)c1ccc(Cl)s1. The van der Waals surface area contributed by atoms with Crippen molar-refractivity contribution < 1.29 is 13.2 Å². The number of halogens is 1. The van der Waals surface area contributed by atoms with E-state index >= 15 is 0 Å². The Bertz CT molecular complexity index is 469. The van der Waals surface area contributed by atoms with Gasteiger partial charge >= 0.3 is 0 Å². The van der Waals surface area contributed by atoms with Crippen LogP contribution in [0.3, 0.4) is 0 Å². The molecule has 1 aromatic rings. The maximum absolute atomic E-state index is 11.4. The maximum Gasteiger partial charge on any atom is 0.261 e. The summed E-state index contributed by atoms with van der Waals surface area (Å²) in [6.45, 7) is 0.269. The van der Waals surface area contributed by atoms with E-state index in [1.165, 1.54) is 11.3 Å². The highest BCUT2D eigenvalue weighted by Crippen LogP contribution is 2.20. The zero-order valence-corrected chi connectivity index (χ0v) is 10.7. The molecule has 0 fully saturated rings. The molecule has 0 saturated carbocycles. The van der Waals surface area contributed by atoms with Crippen LogP contribution < -0.4 is 10.5 Å². The number of amides is 1. The number of nitrogens with two attached hydrogens (primary N) is 1. The van der Waals surface area contributed by atoms with Crippen molar-refractivity contribution in [1.82, 2.24) is 5.32 Å². The third-order valence-corrected chi connectivity index (χ3v) is 3.78. The van der Waals surface area contributed by atoms with Gasteiger partial charge in [0.15, 0.2) is 0 Å². The average molecular weight is 283 g/mol. The van der Waals surface area contributed by atoms with Crippen molar-refractivity contribution in [1.29, 1.82) is 0 Å². The number of carbonyl (C=O) groups is 1. The van der Waals surface area contributed by atoms with Crippen LogP contribution in [0, 0.1) is 0 Å². The molecule has 0 unspecified atom stereocenters. The second-order valence-corrected chi connectivity index (χ2v) is 6.53. The van der Waals surface area contributed by atoms with Gasteiger partial charge in [0.2, 0.25) is 10.0 Å². The molecule has 90 valence electrons. The highest BCUT2D eigenvalue weighted by atomic mass is 35.5. The van der Waals surface area contributed by atoms with Gasteiger partial charge in [0.1, 0.15) is 0 Å². The topological polar surface area (TPSA) is 89.3 Å². The fraction of sp³-hybridized carbons (Fsp3) is 0.375. The number of primary sulfonamides is 1. The van der Waals surface area contributed by atoms with Gasteiger partial charge in [-0.1, -0.05) is 11.6 Å². The Morgan fingerprint density at radius 3 is 2.69 bits per heavy atom. The summed E-state index contributed by atoms with van der Waals surface area (Å²) >= 11 is 6.84. The molecule has 1 amide bonds. The lowest BCUT2D eigenvalue weighted by Gasteiger charge is -2.02. The molecule has 0 bridgehead atoms. The molecule has 0 saturated heterocycles. The predicted molar refractivity (Wildman–Crippen MR) is 64.3 cm³/mol. The van der Waals surface area contributed by atoms with Gasteiger partial charge in [-0.2, -0.15) is 0 Å². The third kappa shape index (κ3) is 4.93. The minimum atomic E-state index is -3.45. The summed E-state index contributed by atoms with van der Waals surface area (Å²) in [5.74, 6) is -0.398. The summed E-state index contributed by atoms with van der Waals surface area (Å²) in [5, 5.41) is 7.39. The van der Waals surface area contributed by atoms with E-state index < -0.39 is 10.0 Å². The van der Waals surface area contributed by atoms with Gasteiger partial charge in [-0.3, -0.25) is 4.79 Å². The Kier molecular flexibility index (Phi) is 4.72. The van der Waals surface area contributed by atoms with E-state index in [1.54, 1.807) is 12.1 Å². The smallest absolute Gasteiger partial charge is 0.261 e. The molecule has 1 aromatic heterocycles. The van der Waals surface area contributed by atoms with Crippen LogP contribution in [0.1, 0.15) is 16.1 Å². The second kappa shape index (κ2) is 5.62. The van der Waals surface area contributed by atoms with Crippen LogP contribution in [0.2, 0.25) is 4.34 Å². The van der Waals surface area contributed by atoms with E-state index in [1.807, 2.05) is 0 Å². The first-order valence-electron chi connectivity index (χ1n) is 4.42. The van der Waals surface area contributed by atoms with Crippen LogP contribution in [-0.2, 0) is 10.0 Å². The van der Waals surface area contributed by atoms with E-state index in [9.17, 15) is 13.2 Å². The summed E-state index contributed by atoms with van der Waals surface area (Å²) in [7, 11) is -3.45. The lowest BCUT2D eigenvalue weighted by molar-refractivity contribution is 0.0957. The molecule has 0 aliphatic rings. The number of hydrogen-bond acceptors (Lipinski definition) is 4. The van der Waals surface area contributed by atoms with Crippen molar-refractivity contribution in [2.24, 2.45) is 5.14 Å². The van der Waals surface area contributed by atoms with E-state index in [0.29, 0.717) is 15.6 Å². The molecule has 8 heteroatoms. The number of hydrogen-bond donors (Lipinski definition) is 2. The van der Waals surface area contributed by atoms with E-state index in [4.69, 9.17) is 16.7 Å². The van der Waals surface area contributed by atoms with Crippen molar-refractivity contribution in [2.45, 2.75) is 6.42 Å². The van der Waals surface area contributed by atoms with Crippen molar-refractivity contribution in [3.8, 4) is 0 Å². The van der Waals surface area contributed by atoms with Gasteiger partial charge in [0.05, 0.1) is 15.0 Å².